The molecule has 0 radical (unpaired) electrons. The molecule has 2 aromatic carbocycles. The number of ether oxygens (including phenoxy) is 2. The van der Waals surface area contributed by atoms with E-state index in [1.165, 1.54) is 12.4 Å². The van der Waals surface area contributed by atoms with Gasteiger partial charge in [-0.25, -0.2) is 9.59 Å². The van der Waals surface area contributed by atoms with Crippen LogP contribution in [0.1, 0.15) is 85.2 Å². The number of carbonyl (C=O) groups is 2. The fourth-order valence-electron chi connectivity index (χ4n) is 8.49. The molecule has 2 saturated heterocycles. The van der Waals surface area contributed by atoms with Gasteiger partial charge in [-0.2, -0.15) is 0 Å². The zero-order valence-corrected chi connectivity index (χ0v) is 31.3. The lowest BCUT2D eigenvalue weighted by Gasteiger charge is -2.37. The molecule has 2 saturated carbocycles. The van der Waals surface area contributed by atoms with Crippen molar-refractivity contribution in [2.75, 3.05) is 50.2 Å². The molecule has 8 rings (SSSR count). The molecule has 14 nitrogen and oxygen atoms in total. The minimum Gasteiger partial charge on any atom is -0.492 e. The molecule has 4 heterocycles. The van der Waals surface area contributed by atoms with E-state index in [0.717, 1.165) is 76.1 Å². The van der Waals surface area contributed by atoms with E-state index < -0.39 is 22.8 Å². The van der Waals surface area contributed by atoms with E-state index in [4.69, 9.17) is 20.9 Å². The van der Waals surface area contributed by atoms with Crippen molar-refractivity contribution in [3.8, 4) is 11.5 Å². The molecule has 4 aliphatic rings. The first-order valence-electron chi connectivity index (χ1n) is 18.8. The number of carboxylic acids is 2. The van der Waals surface area contributed by atoms with Gasteiger partial charge in [0.2, 0.25) is 10.9 Å². The van der Waals surface area contributed by atoms with E-state index in [1.807, 2.05) is 21.3 Å². The van der Waals surface area contributed by atoms with Gasteiger partial charge in [0.15, 0.2) is 11.5 Å². The highest BCUT2D eigenvalue weighted by atomic mass is 16.5. The maximum absolute atomic E-state index is 12.7. The van der Waals surface area contributed by atoms with E-state index in [0.29, 0.717) is 45.1 Å². The first kappa shape index (κ1) is 37.2. The Labute approximate surface area is 312 Å². The molecule has 288 valence electrons. The number of carboxylic acid groups (broad SMARTS) is 2. The summed E-state index contributed by atoms with van der Waals surface area (Å²) >= 11 is 0. The average Bonchev–Trinajstić information content (AvgIpc) is 4.05. The second kappa shape index (κ2) is 14.6. The number of nitrogens with two attached hydrogens (primary N) is 2. The number of benzene rings is 2. The molecule has 0 spiro atoms. The van der Waals surface area contributed by atoms with E-state index in [-0.39, 0.29) is 35.3 Å². The summed E-state index contributed by atoms with van der Waals surface area (Å²) in [7, 11) is 3.19. The maximum atomic E-state index is 12.7. The third-order valence-electron chi connectivity index (χ3n) is 11.1. The summed E-state index contributed by atoms with van der Waals surface area (Å²) in [6.45, 7) is 7.56. The van der Waals surface area contributed by atoms with Crippen molar-refractivity contribution >= 4 is 45.1 Å². The zero-order valence-electron chi connectivity index (χ0n) is 31.3. The normalized spacial score (nSPS) is 22.9. The van der Waals surface area contributed by atoms with Crippen molar-refractivity contribution in [1.29, 1.82) is 0 Å². The van der Waals surface area contributed by atoms with Gasteiger partial charge >= 0.3 is 11.9 Å². The average molecular weight is 743 g/mol. The van der Waals surface area contributed by atoms with Crippen LogP contribution >= 0.6 is 0 Å². The summed E-state index contributed by atoms with van der Waals surface area (Å²) in [5.41, 5.74) is 14.3. The molecule has 4 aromatic rings. The molecule has 4 fully saturated rings. The Morgan fingerprint density at radius 2 is 1.02 bits per heavy atom. The van der Waals surface area contributed by atoms with Crippen LogP contribution in [0.15, 0.2) is 46.2 Å². The minimum atomic E-state index is -1.20. The first-order valence-corrected chi connectivity index (χ1v) is 18.8. The summed E-state index contributed by atoms with van der Waals surface area (Å²) in [6, 6.07) is 7.77. The molecule has 2 aliphatic heterocycles. The van der Waals surface area contributed by atoms with Gasteiger partial charge in [0.25, 0.3) is 0 Å². The van der Waals surface area contributed by atoms with Crippen molar-refractivity contribution in [1.82, 2.24) is 9.13 Å². The van der Waals surface area contributed by atoms with E-state index in [9.17, 15) is 29.4 Å². The lowest BCUT2D eigenvalue weighted by molar-refractivity contribution is 0.0684. The quantitative estimate of drug-likeness (QED) is 0.199. The summed E-state index contributed by atoms with van der Waals surface area (Å²) in [4.78, 5) is 53.0. The first-order chi connectivity index (χ1) is 25.8. The smallest absolute Gasteiger partial charge is 0.341 e. The molecule has 0 bridgehead atoms. The topological polar surface area (TPSA) is 196 Å². The maximum Gasteiger partial charge on any atom is 0.341 e. The van der Waals surface area contributed by atoms with Gasteiger partial charge in [0.1, 0.15) is 11.1 Å². The standard InChI is InChI=1S/2C20H25N3O4/c2*1-11-7-12(21)9-22(8-11)16-6-5-14-17(19(16)27-2)23(13-3-4-13)10-15(18(14)24)20(25)26/h2*5-6,10-13H,3-4,7-9,21H2,1-2H3,(H,25,26)/t2*11-,12+/m10/s1. The van der Waals surface area contributed by atoms with Gasteiger partial charge in [-0.1, -0.05) is 13.8 Å². The van der Waals surface area contributed by atoms with Crippen LogP contribution in [0.2, 0.25) is 0 Å². The Kier molecular flexibility index (Phi) is 10.1. The van der Waals surface area contributed by atoms with Gasteiger partial charge in [0.05, 0.1) is 47.4 Å². The van der Waals surface area contributed by atoms with Crippen molar-refractivity contribution < 1.29 is 29.3 Å². The van der Waals surface area contributed by atoms with Gasteiger partial charge in [-0.15, -0.1) is 0 Å². The predicted octanol–water partition coefficient (Wildman–Crippen LogP) is 4.43. The Bertz CT molecular complexity index is 2060. The molecule has 0 unspecified atom stereocenters. The molecule has 4 atom stereocenters. The highest BCUT2D eigenvalue weighted by molar-refractivity contribution is 5.98. The molecule has 0 amide bonds. The van der Waals surface area contributed by atoms with Crippen molar-refractivity contribution in [3.05, 3.63) is 68.2 Å². The van der Waals surface area contributed by atoms with Gasteiger partial charge < -0.3 is 50.1 Å². The highest BCUT2D eigenvalue weighted by Crippen LogP contribution is 2.44. The number of rotatable bonds is 8. The number of hydrogen-bond acceptors (Lipinski definition) is 10. The fourth-order valence-corrected chi connectivity index (χ4v) is 8.49. The van der Waals surface area contributed by atoms with Crippen molar-refractivity contribution in [2.24, 2.45) is 23.3 Å². The number of methoxy groups -OCH3 is 2. The largest absolute Gasteiger partial charge is 0.492 e. The number of nitrogens with zero attached hydrogens (tertiary/aromatic N) is 4. The number of piperidine rings is 2. The number of hydrogen-bond donors (Lipinski definition) is 4. The lowest BCUT2D eigenvalue weighted by Crippen LogP contribution is -2.46. The van der Waals surface area contributed by atoms with Gasteiger partial charge in [0, 0.05) is 62.7 Å². The second-order valence-electron chi connectivity index (χ2n) is 15.7. The van der Waals surface area contributed by atoms with Crippen LogP contribution in [-0.4, -0.2) is 83.8 Å². The summed E-state index contributed by atoms with van der Waals surface area (Å²) in [5, 5.41) is 19.6. The SMILES string of the molecule is COc1c(N2C[C@@H](C)C[C@@H](N)C2)ccc2c(=O)c(C(=O)O)cn(C3CC3)c12.COc1c(N2C[C@H](C)C[C@H](N)C2)ccc2c(=O)c(C(=O)O)cn(C3CC3)c12. The van der Waals surface area contributed by atoms with Crippen molar-refractivity contribution in [3.63, 3.8) is 0 Å². The Balaban J connectivity index is 0.000000167. The fraction of sp³-hybridized carbons (Fsp3) is 0.500. The summed E-state index contributed by atoms with van der Waals surface area (Å²) in [6.07, 6.45) is 8.80. The Morgan fingerprint density at radius 1 is 0.648 bits per heavy atom. The van der Waals surface area contributed by atoms with E-state index >= 15 is 0 Å². The Morgan fingerprint density at radius 3 is 1.31 bits per heavy atom. The predicted molar refractivity (Wildman–Crippen MR) is 208 cm³/mol. The number of pyridine rings is 2. The van der Waals surface area contributed by atoms with Crippen LogP contribution in [-0.2, 0) is 0 Å². The van der Waals surface area contributed by atoms with Crippen molar-refractivity contribution in [2.45, 2.75) is 76.5 Å². The monoisotopic (exact) mass is 742 g/mol. The molecule has 2 aromatic heterocycles. The van der Waals surface area contributed by atoms with E-state index in [2.05, 4.69) is 23.6 Å². The number of aromatic carboxylic acids is 2. The van der Waals surface area contributed by atoms with Crippen LogP contribution in [0, 0.1) is 11.8 Å². The van der Waals surface area contributed by atoms with Crippen LogP contribution < -0.4 is 41.6 Å². The summed E-state index contributed by atoms with van der Waals surface area (Å²) in [5.74, 6) is -0.224. The molecular weight excluding hydrogens is 692 g/mol. The van der Waals surface area contributed by atoms with Crippen LogP contribution in [0.3, 0.4) is 0 Å². The zero-order chi connectivity index (χ0) is 38.6. The lowest BCUT2D eigenvalue weighted by atomic mass is 9.95. The number of anilines is 2. The third kappa shape index (κ3) is 7.00. The molecule has 2 aliphatic carbocycles. The van der Waals surface area contributed by atoms with Gasteiger partial charge in [-0.3, -0.25) is 9.59 Å². The molecular formula is C40H50N6O8. The minimum absolute atomic E-state index is 0.0918. The van der Waals surface area contributed by atoms with Crippen LogP contribution in [0.4, 0.5) is 11.4 Å². The third-order valence-corrected chi connectivity index (χ3v) is 11.1. The second-order valence-corrected chi connectivity index (χ2v) is 15.7. The highest BCUT2D eigenvalue weighted by Gasteiger charge is 2.33. The number of aromatic nitrogens is 2. The summed E-state index contributed by atoms with van der Waals surface area (Å²) < 4.78 is 15.4. The van der Waals surface area contributed by atoms with Crippen LogP contribution in [0.25, 0.3) is 21.8 Å². The van der Waals surface area contributed by atoms with Crippen LogP contribution in [0.5, 0.6) is 11.5 Å². The molecule has 6 N–H and O–H groups in total. The van der Waals surface area contributed by atoms with E-state index in [1.54, 1.807) is 26.4 Å². The van der Waals surface area contributed by atoms with Gasteiger partial charge in [-0.05, 0) is 74.6 Å². The number of fused-ring (bicyclic) bond motifs is 2. The Hall–Kier alpha value is -5.08. The molecule has 54 heavy (non-hydrogen) atoms. The molecule has 14 heteroatoms.